The second-order valence-corrected chi connectivity index (χ2v) is 5.94. The molecule has 1 aliphatic rings. The van der Waals surface area contributed by atoms with E-state index in [0.29, 0.717) is 13.0 Å². The van der Waals surface area contributed by atoms with Crippen LogP contribution in [0.4, 0.5) is 13.2 Å². The summed E-state index contributed by atoms with van der Waals surface area (Å²) in [5.41, 5.74) is 1.72. The van der Waals surface area contributed by atoms with Crippen LogP contribution in [0.3, 0.4) is 0 Å². The molecule has 24 heavy (non-hydrogen) atoms. The standard InChI is InChI=1S/C15H14F3N5O/c16-15(17,18)7-13(24)21-5-2-10(9-21)14-19-8-11-3-6-22-12(23(11)14)1-4-20-22/h1,3-4,6,8,10H,2,5,7,9H2. The maximum atomic E-state index is 12.4. The number of imidazole rings is 1. The molecule has 6 nitrogen and oxygen atoms in total. The average Bonchev–Trinajstić information content (AvgIpc) is 3.22. The zero-order valence-electron chi connectivity index (χ0n) is 12.6. The molecule has 0 N–H and O–H groups in total. The second kappa shape index (κ2) is 5.22. The van der Waals surface area contributed by atoms with Crippen molar-refractivity contribution in [3.05, 3.63) is 36.5 Å². The first kappa shape index (κ1) is 15.0. The number of halogens is 3. The Hall–Kier alpha value is -2.58. The van der Waals surface area contributed by atoms with Gasteiger partial charge in [-0.25, -0.2) is 9.50 Å². The highest BCUT2D eigenvalue weighted by atomic mass is 19.4. The number of rotatable bonds is 2. The van der Waals surface area contributed by atoms with Gasteiger partial charge in [-0.2, -0.15) is 18.3 Å². The molecule has 1 unspecified atom stereocenters. The van der Waals surface area contributed by atoms with Gasteiger partial charge in [0.15, 0.2) is 0 Å². The molecule has 1 amide bonds. The molecule has 0 radical (unpaired) electrons. The molecule has 1 aliphatic heterocycles. The zero-order chi connectivity index (χ0) is 16.9. The predicted octanol–water partition coefficient (Wildman–Crippen LogP) is 2.25. The summed E-state index contributed by atoms with van der Waals surface area (Å²) in [5.74, 6) is -0.218. The first-order chi connectivity index (χ1) is 11.4. The third kappa shape index (κ3) is 2.49. The monoisotopic (exact) mass is 337 g/mol. The molecule has 3 aromatic rings. The Morgan fingerprint density at radius 2 is 2.17 bits per heavy atom. The quantitative estimate of drug-likeness (QED) is 0.721. The van der Waals surface area contributed by atoms with Crippen molar-refractivity contribution in [2.45, 2.75) is 24.9 Å². The fourth-order valence-corrected chi connectivity index (χ4v) is 3.26. The van der Waals surface area contributed by atoms with Crippen LogP contribution in [0.2, 0.25) is 0 Å². The van der Waals surface area contributed by atoms with Gasteiger partial charge in [0.05, 0.1) is 17.9 Å². The smallest absolute Gasteiger partial charge is 0.342 e. The van der Waals surface area contributed by atoms with Crippen LogP contribution in [0, 0.1) is 0 Å². The van der Waals surface area contributed by atoms with Crippen LogP contribution in [0.15, 0.2) is 30.7 Å². The van der Waals surface area contributed by atoms with Gasteiger partial charge in [-0.15, -0.1) is 0 Å². The molecular weight excluding hydrogens is 323 g/mol. The second-order valence-electron chi connectivity index (χ2n) is 5.94. The number of nitrogens with zero attached hydrogens (tertiary/aromatic N) is 5. The molecule has 0 saturated carbocycles. The summed E-state index contributed by atoms with van der Waals surface area (Å²) >= 11 is 0. The molecule has 4 rings (SSSR count). The highest BCUT2D eigenvalue weighted by Crippen LogP contribution is 2.30. The summed E-state index contributed by atoms with van der Waals surface area (Å²) in [4.78, 5) is 17.5. The summed E-state index contributed by atoms with van der Waals surface area (Å²) in [7, 11) is 0. The van der Waals surface area contributed by atoms with E-state index < -0.39 is 18.5 Å². The van der Waals surface area contributed by atoms with Crippen LogP contribution < -0.4 is 0 Å². The zero-order valence-corrected chi connectivity index (χ0v) is 12.6. The van der Waals surface area contributed by atoms with Crippen LogP contribution >= 0.6 is 0 Å². The molecule has 1 fully saturated rings. The van der Waals surface area contributed by atoms with E-state index in [1.165, 1.54) is 4.90 Å². The Labute approximate surface area is 134 Å². The van der Waals surface area contributed by atoms with Gasteiger partial charge < -0.3 is 4.90 Å². The number of alkyl halides is 3. The van der Waals surface area contributed by atoms with Gasteiger partial charge in [-0.1, -0.05) is 0 Å². The van der Waals surface area contributed by atoms with E-state index in [1.54, 1.807) is 16.9 Å². The maximum absolute atomic E-state index is 12.4. The predicted molar refractivity (Wildman–Crippen MR) is 78.6 cm³/mol. The third-order valence-corrected chi connectivity index (χ3v) is 4.34. The molecular formula is C15H14F3N5O. The molecule has 1 atom stereocenters. The topological polar surface area (TPSA) is 54.9 Å². The Morgan fingerprint density at radius 1 is 1.33 bits per heavy atom. The van der Waals surface area contributed by atoms with Gasteiger partial charge in [0, 0.05) is 31.3 Å². The fourth-order valence-electron chi connectivity index (χ4n) is 3.26. The van der Waals surface area contributed by atoms with Crippen LogP contribution in [-0.4, -0.2) is 49.1 Å². The Morgan fingerprint density at radius 3 is 2.96 bits per heavy atom. The van der Waals surface area contributed by atoms with Crippen LogP contribution in [-0.2, 0) is 4.79 Å². The lowest BCUT2D eigenvalue weighted by Crippen LogP contribution is -2.32. The number of amides is 1. The van der Waals surface area contributed by atoms with Crippen molar-refractivity contribution in [2.75, 3.05) is 13.1 Å². The van der Waals surface area contributed by atoms with E-state index in [9.17, 15) is 18.0 Å². The summed E-state index contributed by atoms with van der Waals surface area (Å²) in [6, 6.07) is 3.72. The van der Waals surface area contributed by atoms with Gasteiger partial charge in [0.25, 0.3) is 0 Å². The van der Waals surface area contributed by atoms with E-state index in [1.807, 2.05) is 22.7 Å². The van der Waals surface area contributed by atoms with E-state index >= 15 is 0 Å². The van der Waals surface area contributed by atoms with Gasteiger partial charge in [0.2, 0.25) is 5.91 Å². The Kier molecular flexibility index (Phi) is 3.26. The summed E-state index contributed by atoms with van der Waals surface area (Å²) in [5, 5.41) is 4.18. The SMILES string of the molecule is O=C(CC(F)(F)F)N1CCC(c2ncc3ccn4nccc4n23)C1. The van der Waals surface area contributed by atoms with Crippen molar-refractivity contribution in [3.8, 4) is 0 Å². The molecule has 9 heteroatoms. The molecule has 4 heterocycles. The highest BCUT2D eigenvalue weighted by molar-refractivity contribution is 5.77. The minimum Gasteiger partial charge on any atom is -0.342 e. The summed E-state index contributed by atoms with van der Waals surface area (Å²) < 4.78 is 40.9. The molecule has 1 saturated heterocycles. The largest absolute Gasteiger partial charge is 0.397 e. The molecule has 0 aromatic carbocycles. The Balaban J connectivity index is 1.63. The minimum atomic E-state index is -4.47. The van der Waals surface area contributed by atoms with E-state index in [-0.39, 0.29) is 12.5 Å². The van der Waals surface area contributed by atoms with Crippen molar-refractivity contribution < 1.29 is 18.0 Å². The van der Waals surface area contributed by atoms with E-state index in [4.69, 9.17) is 0 Å². The van der Waals surface area contributed by atoms with Gasteiger partial charge in [-0.3, -0.25) is 9.20 Å². The third-order valence-electron chi connectivity index (χ3n) is 4.34. The lowest BCUT2D eigenvalue weighted by molar-refractivity contribution is -0.160. The number of carbonyl (C=O) groups excluding carboxylic acids is 1. The van der Waals surface area contributed by atoms with Crippen LogP contribution in [0.25, 0.3) is 11.2 Å². The lowest BCUT2D eigenvalue weighted by Gasteiger charge is -2.17. The van der Waals surface area contributed by atoms with Crippen molar-refractivity contribution in [3.63, 3.8) is 0 Å². The number of fused-ring (bicyclic) bond motifs is 3. The molecule has 0 spiro atoms. The van der Waals surface area contributed by atoms with Gasteiger partial charge >= 0.3 is 6.18 Å². The van der Waals surface area contributed by atoms with Crippen molar-refractivity contribution in [1.29, 1.82) is 0 Å². The van der Waals surface area contributed by atoms with Crippen molar-refractivity contribution in [2.24, 2.45) is 0 Å². The average molecular weight is 337 g/mol. The van der Waals surface area contributed by atoms with Crippen LogP contribution in [0.1, 0.15) is 24.6 Å². The van der Waals surface area contributed by atoms with Crippen molar-refractivity contribution >= 4 is 17.1 Å². The number of carbonyl (C=O) groups is 1. The number of hydrogen-bond donors (Lipinski definition) is 0. The minimum absolute atomic E-state index is 0.0919. The number of likely N-dealkylation sites (tertiary alicyclic amines) is 1. The summed E-state index contributed by atoms with van der Waals surface area (Å²) in [6.07, 6.45) is -0.0649. The number of hydrogen-bond acceptors (Lipinski definition) is 3. The molecule has 0 aliphatic carbocycles. The normalized spacial score (nSPS) is 18.8. The number of aromatic nitrogens is 4. The van der Waals surface area contributed by atoms with Gasteiger partial charge in [0.1, 0.15) is 17.9 Å². The van der Waals surface area contributed by atoms with E-state index in [2.05, 4.69) is 10.1 Å². The first-order valence-corrected chi connectivity index (χ1v) is 7.56. The molecule has 0 bridgehead atoms. The van der Waals surface area contributed by atoms with E-state index in [0.717, 1.165) is 17.0 Å². The summed E-state index contributed by atoms with van der Waals surface area (Å²) in [6.45, 7) is 0.570. The fraction of sp³-hybridized carbons (Fsp3) is 0.400. The highest BCUT2D eigenvalue weighted by Gasteiger charge is 2.37. The van der Waals surface area contributed by atoms with Gasteiger partial charge in [-0.05, 0) is 12.5 Å². The van der Waals surface area contributed by atoms with Crippen LogP contribution in [0.5, 0.6) is 0 Å². The molecule has 126 valence electrons. The van der Waals surface area contributed by atoms with Crippen molar-refractivity contribution in [1.82, 2.24) is 23.9 Å². The molecule has 3 aromatic heterocycles. The first-order valence-electron chi connectivity index (χ1n) is 7.56. The lowest BCUT2D eigenvalue weighted by atomic mass is 10.1. The maximum Gasteiger partial charge on any atom is 0.397 e. The Bertz CT molecular complexity index is 913.